The standard InChI is InChI=1S/C10H7ClF3N3S/c1-6-5-8(18-10(12,13)14)16-17(6)9-7(11)3-2-4-15-9/h2-5H,1H3. The van der Waals surface area contributed by atoms with Gasteiger partial charge >= 0.3 is 5.51 Å². The molecule has 0 aliphatic heterocycles. The maximum Gasteiger partial charge on any atom is 0.447 e. The van der Waals surface area contributed by atoms with E-state index in [0.29, 0.717) is 16.5 Å². The van der Waals surface area contributed by atoms with Crippen LogP contribution >= 0.6 is 23.4 Å². The number of thioether (sulfide) groups is 1. The van der Waals surface area contributed by atoms with Gasteiger partial charge in [-0.15, -0.1) is 0 Å². The number of hydrogen-bond donors (Lipinski definition) is 0. The summed E-state index contributed by atoms with van der Waals surface area (Å²) in [4.78, 5) is 4.00. The van der Waals surface area contributed by atoms with Gasteiger partial charge in [0, 0.05) is 23.7 Å². The van der Waals surface area contributed by atoms with E-state index < -0.39 is 5.51 Å². The molecule has 18 heavy (non-hydrogen) atoms. The first-order valence-electron chi connectivity index (χ1n) is 4.80. The Morgan fingerprint density at radius 2 is 2.11 bits per heavy atom. The van der Waals surface area contributed by atoms with E-state index in [1.807, 2.05) is 0 Å². The largest absolute Gasteiger partial charge is 0.447 e. The third kappa shape index (κ3) is 2.97. The van der Waals surface area contributed by atoms with Crippen LogP contribution in [0, 0.1) is 6.92 Å². The van der Waals surface area contributed by atoms with Gasteiger partial charge in [0.2, 0.25) is 0 Å². The zero-order valence-electron chi connectivity index (χ0n) is 9.07. The lowest BCUT2D eigenvalue weighted by atomic mass is 10.4. The van der Waals surface area contributed by atoms with Crippen molar-refractivity contribution in [1.82, 2.24) is 14.8 Å². The topological polar surface area (TPSA) is 30.7 Å². The van der Waals surface area contributed by atoms with Crippen molar-refractivity contribution in [2.75, 3.05) is 0 Å². The second kappa shape index (κ2) is 4.81. The van der Waals surface area contributed by atoms with E-state index in [9.17, 15) is 13.2 Å². The highest BCUT2D eigenvalue weighted by Gasteiger charge is 2.31. The van der Waals surface area contributed by atoms with E-state index in [4.69, 9.17) is 11.6 Å². The first-order chi connectivity index (χ1) is 8.37. The summed E-state index contributed by atoms with van der Waals surface area (Å²) in [6.45, 7) is 1.64. The van der Waals surface area contributed by atoms with E-state index in [2.05, 4.69) is 10.1 Å². The van der Waals surface area contributed by atoms with Crippen LogP contribution in [0.3, 0.4) is 0 Å². The number of rotatable bonds is 2. The molecule has 8 heteroatoms. The molecule has 2 heterocycles. The number of halogens is 4. The molecule has 0 aromatic carbocycles. The Morgan fingerprint density at radius 1 is 1.39 bits per heavy atom. The Morgan fingerprint density at radius 3 is 2.72 bits per heavy atom. The van der Waals surface area contributed by atoms with Gasteiger partial charge < -0.3 is 0 Å². The quantitative estimate of drug-likeness (QED) is 0.788. The van der Waals surface area contributed by atoms with Crippen molar-refractivity contribution in [2.45, 2.75) is 17.5 Å². The fraction of sp³-hybridized carbons (Fsp3) is 0.200. The van der Waals surface area contributed by atoms with Crippen molar-refractivity contribution in [3.05, 3.63) is 35.1 Å². The molecule has 0 N–H and O–H groups in total. The van der Waals surface area contributed by atoms with Crippen molar-refractivity contribution in [3.63, 3.8) is 0 Å². The van der Waals surface area contributed by atoms with E-state index >= 15 is 0 Å². The predicted octanol–water partition coefficient (Wildman–Crippen LogP) is 3.84. The monoisotopic (exact) mass is 293 g/mol. The number of aromatic nitrogens is 3. The molecule has 0 aliphatic rings. The predicted molar refractivity (Wildman–Crippen MR) is 63.0 cm³/mol. The molecule has 0 saturated heterocycles. The zero-order valence-corrected chi connectivity index (χ0v) is 10.6. The van der Waals surface area contributed by atoms with Gasteiger partial charge in [-0.05, 0) is 25.1 Å². The molecule has 3 nitrogen and oxygen atoms in total. The average molecular weight is 294 g/mol. The fourth-order valence-electron chi connectivity index (χ4n) is 1.36. The molecular formula is C10H7ClF3N3S. The van der Waals surface area contributed by atoms with Crippen LogP contribution in [0.2, 0.25) is 5.02 Å². The third-order valence-electron chi connectivity index (χ3n) is 2.02. The van der Waals surface area contributed by atoms with E-state index in [1.165, 1.54) is 16.9 Å². The second-order valence-corrected chi connectivity index (χ2v) is 4.88. The van der Waals surface area contributed by atoms with Crippen LogP contribution in [0.1, 0.15) is 5.69 Å². The van der Waals surface area contributed by atoms with Gasteiger partial charge in [0.05, 0.1) is 5.02 Å². The molecule has 0 spiro atoms. The molecule has 2 aromatic heterocycles. The minimum absolute atomic E-state index is 0.137. The maximum absolute atomic E-state index is 12.2. The van der Waals surface area contributed by atoms with Crippen LogP contribution in [-0.2, 0) is 0 Å². The zero-order chi connectivity index (χ0) is 13.3. The molecular weight excluding hydrogens is 287 g/mol. The summed E-state index contributed by atoms with van der Waals surface area (Å²) in [5, 5.41) is 4.03. The Hall–Kier alpha value is -1.21. The van der Waals surface area contributed by atoms with Gasteiger partial charge in [0.25, 0.3) is 0 Å². The SMILES string of the molecule is Cc1cc(SC(F)(F)F)nn1-c1ncccc1Cl. The van der Waals surface area contributed by atoms with Crippen molar-refractivity contribution in [3.8, 4) is 5.82 Å². The Bertz CT molecular complexity index is 568. The van der Waals surface area contributed by atoms with Crippen molar-refractivity contribution < 1.29 is 13.2 Å². The second-order valence-electron chi connectivity index (χ2n) is 3.39. The number of pyridine rings is 1. The highest BCUT2D eigenvalue weighted by Crippen LogP contribution is 2.36. The molecule has 2 aromatic rings. The summed E-state index contributed by atoms with van der Waals surface area (Å²) in [5.74, 6) is 0.311. The average Bonchev–Trinajstić information content (AvgIpc) is 2.57. The van der Waals surface area contributed by atoms with E-state index in [-0.39, 0.29) is 16.8 Å². The molecule has 0 unspecified atom stereocenters. The molecule has 2 rings (SSSR count). The van der Waals surface area contributed by atoms with Gasteiger partial charge in [0.15, 0.2) is 5.82 Å². The summed E-state index contributed by atoms with van der Waals surface area (Å²) < 4.78 is 38.0. The molecule has 0 aliphatic carbocycles. The lowest BCUT2D eigenvalue weighted by Gasteiger charge is -2.04. The number of hydrogen-bond acceptors (Lipinski definition) is 3. The Balaban J connectivity index is 2.39. The smallest absolute Gasteiger partial charge is 0.236 e. The number of aryl methyl sites for hydroxylation is 1. The van der Waals surface area contributed by atoms with Gasteiger partial charge in [-0.1, -0.05) is 11.6 Å². The first kappa shape index (κ1) is 13.2. The van der Waals surface area contributed by atoms with E-state index in [1.54, 1.807) is 19.1 Å². The fourth-order valence-corrected chi connectivity index (χ4v) is 2.15. The summed E-state index contributed by atoms with van der Waals surface area (Å²) in [7, 11) is 0. The van der Waals surface area contributed by atoms with Crippen molar-refractivity contribution >= 4 is 23.4 Å². The molecule has 0 amide bonds. The number of alkyl halides is 3. The van der Waals surface area contributed by atoms with Gasteiger partial charge in [0.1, 0.15) is 5.03 Å². The van der Waals surface area contributed by atoms with E-state index in [0.717, 1.165) is 0 Å². The van der Waals surface area contributed by atoms with Crippen LogP contribution < -0.4 is 0 Å². The first-order valence-corrected chi connectivity index (χ1v) is 5.99. The Kier molecular flexibility index (Phi) is 3.54. The maximum atomic E-state index is 12.2. The molecule has 0 atom stereocenters. The highest BCUT2D eigenvalue weighted by molar-refractivity contribution is 8.00. The van der Waals surface area contributed by atoms with Crippen LogP contribution in [-0.4, -0.2) is 20.3 Å². The summed E-state index contributed by atoms with van der Waals surface area (Å²) >= 11 is 5.65. The third-order valence-corrected chi connectivity index (χ3v) is 2.96. The normalized spacial score (nSPS) is 11.8. The van der Waals surface area contributed by atoms with Crippen LogP contribution in [0.5, 0.6) is 0 Å². The summed E-state index contributed by atoms with van der Waals surface area (Å²) in [5.41, 5.74) is -3.83. The number of nitrogens with zero attached hydrogens (tertiary/aromatic N) is 3. The van der Waals surface area contributed by atoms with Crippen molar-refractivity contribution in [1.29, 1.82) is 0 Å². The summed E-state index contributed by atoms with van der Waals surface area (Å²) in [6, 6.07) is 4.57. The minimum Gasteiger partial charge on any atom is -0.236 e. The lowest BCUT2D eigenvalue weighted by Crippen LogP contribution is -2.03. The molecule has 0 fully saturated rings. The molecule has 0 saturated carbocycles. The van der Waals surface area contributed by atoms with Crippen LogP contribution in [0.25, 0.3) is 5.82 Å². The highest BCUT2D eigenvalue weighted by atomic mass is 35.5. The van der Waals surface area contributed by atoms with Crippen molar-refractivity contribution in [2.24, 2.45) is 0 Å². The molecule has 0 radical (unpaired) electrons. The van der Waals surface area contributed by atoms with Crippen LogP contribution in [0.15, 0.2) is 29.4 Å². The summed E-state index contributed by atoms with van der Waals surface area (Å²) in [6.07, 6.45) is 1.50. The lowest BCUT2D eigenvalue weighted by molar-refractivity contribution is -0.0329. The molecule has 96 valence electrons. The minimum atomic E-state index is -4.36. The van der Waals surface area contributed by atoms with Gasteiger partial charge in [-0.25, -0.2) is 9.67 Å². The Labute approximate surface area is 110 Å². The van der Waals surface area contributed by atoms with Gasteiger partial charge in [-0.2, -0.15) is 18.3 Å². The van der Waals surface area contributed by atoms with Crippen LogP contribution in [0.4, 0.5) is 13.2 Å². The molecule has 0 bridgehead atoms. The van der Waals surface area contributed by atoms with Gasteiger partial charge in [-0.3, -0.25) is 0 Å².